The van der Waals surface area contributed by atoms with Crippen molar-refractivity contribution < 1.29 is 24.2 Å². The summed E-state index contributed by atoms with van der Waals surface area (Å²) in [7, 11) is 0. The van der Waals surface area contributed by atoms with Gasteiger partial charge in [-0.1, -0.05) is 29.5 Å². The van der Waals surface area contributed by atoms with Gasteiger partial charge in [0.05, 0.1) is 0 Å². The van der Waals surface area contributed by atoms with E-state index in [1.54, 1.807) is 24.3 Å². The highest BCUT2D eigenvalue weighted by Gasteiger charge is 2.23. The summed E-state index contributed by atoms with van der Waals surface area (Å²) >= 11 is 0.742. The number of carbonyl (C=O) groups is 2. The Bertz CT molecular complexity index is 1120. The fourth-order valence-electron chi connectivity index (χ4n) is 2.56. The van der Waals surface area contributed by atoms with E-state index < -0.39 is 39.8 Å². The van der Waals surface area contributed by atoms with Gasteiger partial charge in [0.2, 0.25) is 4.74 Å². The topological polar surface area (TPSA) is 104 Å². The van der Waals surface area contributed by atoms with Crippen molar-refractivity contribution in [3.63, 3.8) is 0 Å². The zero-order valence-electron chi connectivity index (χ0n) is 14.0. The number of amides is 1. The second-order valence-corrected chi connectivity index (χ2v) is 6.88. The molecule has 0 bridgehead atoms. The van der Waals surface area contributed by atoms with Crippen LogP contribution in [0.3, 0.4) is 0 Å². The molecule has 3 aromatic rings. The number of hydrogen-bond donors (Lipinski definition) is 3. The zero-order chi connectivity index (χ0) is 19.7. The van der Waals surface area contributed by atoms with Crippen LogP contribution in [0.2, 0.25) is 0 Å². The van der Waals surface area contributed by atoms with Crippen molar-refractivity contribution >= 4 is 33.3 Å². The van der Waals surface area contributed by atoms with Crippen LogP contribution in [0.5, 0.6) is 5.75 Å². The number of carbonyl (C=O) groups excluding carboxylic acids is 1. The summed E-state index contributed by atoms with van der Waals surface area (Å²) in [6.45, 7) is 1.25. The maximum absolute atomic E-state index is 13.4. The Balaban J connectivity index is 2.08. The lowest BCUT2D eigenvalue weighted by Crippen LogP contribution is -2.39. The van der Waals surface area contributed by atoms with Crippen LogP contribution in [0, 0.1) is 5.82 Å². The lowest BCUT2D eigenvalue weighted by molar-refractivity contribution is -0.138. The predicted octanol–water partition coefficient (Wildman–Crippen LogP) is 2.98. The van der Waals surface area contributed by atoms with E-state index in [4.69, 9.17) is 5.11 Å². The maximum Gasteiger partial charge on any atom is 0.325 e. The van der Waals surface area contributed by atoms with Gasteiger partial charge in [0.15, 0.2) is 0 Å². The summed E-state index contributed by atoms with van der Waals surface area (Å²) in [6.07, 6.45) is 0. The summed E-state index contributed by atoms with van der Waals surface area (Å²) in [6, 6.07) is 9.50. The van der Waals surface area contributed by atoms with Crippen molar-refractivity contribution in [2.45, 2.75) is 13.0 Å². The summed E-state index contributed by atoms with van der Waals surface area (Å²) in [5.41, 5.74) is 0.751. The minimum Gasteiger partial charge on any atom is -0.506 e. The third kappa shape index (κ3) is 3.65. The van der Waals surface area contributed by atoms with Gasteiger partial charge < -0.3 is 15.5 Å². The van der Waals surface area contributed by atoms with Gasteiger partial charge in [-0.25, -0.2) is 4.39 Å². The van der Waals surface area contributed by atoms with Crippen LogP contribution in [-0.4, -0.2) is 28.1 Å². The Morgan fingerprint density at radius 1 is 1.15 bits per heavy atom. The van der Waals surface area contributed by atoms with Crippen LogP contribution in [0.25, 0.3) is 21.2 Å². The van der Waals surface area contributed by atoms with Gasteiger partial charge in [-0.3, -0.25) is 14.4 Å². The van der Waals surface area contributed by atoms with Crippen LogP contribution in [0.4, 0.5) is 4.39 Å². The van der Waals surface area contributed by atoms with Crippen molar-refractivity contribution in [1.82, 2.24) is 5.32 Å². The number of nitrogens with one attached hydrogen (secondary N) is 1. The van der Waals surface area contributed by atoms with Crippen LogP contribution >= 0.6 is 11.3 Å². The van der Waals surface area contributed by atoms with Gasteiger partial charge in [-0.2, -0.15) is 0 Å². The van der Waals surface area contributed by atoms with E-state index >= 15 is 0 Å². The Morgan fingerprint density at radius 3 is 2.52 bits per heavy atom. The van der Waals surface area contributed by atoms with E-state index in [0.29, 0.717) is 15.8 Å². The first-order valence-corrected chi connectivity index (χ1v) is 8.69. The first kappa shape index (κ1) is 18.5. The van der Waals surface area contributed by atoms with Crippen molar-refractivity contribution in [1.29, 1.82) is 0 Å². The van der Waals surface area contributed by atoms with Gasteiger partial charge >= 0.3 is 5.97 Å². The average molecular weight is 387 g/mol. The highest BCUT2D eigenvalue weighted by atomic mass is 32.1. The summed E-state index contributed by atoms with van der Waals surface area (Å²) in [4.78, 5) is 35.4. The van der Waals surface area contributed by atoms with E-state index in [9.17, 15) is 23.9 Å². The first-order chi connectivity index (χ1) is 12.8. The molecule has 1 heterocycles. The molecule has 0 saturated carbocycles. The van der Waals surface area contributed by atoms with Crippen molar-refractivity contribution in [3.8, 4) is 16.9 Å². The normalized spacial score (nSPS) is 11.9. The molecule has 6 nitrogen and oxygen atoms in total. The van der Waals surface area contributed by atoms with Crippen LogP contribution in [0.1, 0.15) is 17.3 Å². The van der Waals surface area contributed by atoms with Crippen molar-refractivity contribution in [3.05, 3.63) is 63.4 Å². The first-order valence-electron chi connectivity index (χ1n) is 7.87. The second kappa shape index (κ2) is 7.16. The highest BCUT2D eigenvalue weighted by Crippen LogP contribution is 2.32. The summed E-state index contributed by atoms with van der Waals surface area (Å²) in [5.74, 6) is -3.14. The van der Waals surface area contributed by atoms with Gasteiger partial charge in [-0.15, -0.1) is 0 Å². The molecule has 0 fully saturated rings. The third-order valence-electron chi connectivity index (χ3n) is 3.98. The molecule has 2 aromatic carbocycles. The number of rotatable bonds is 4. The molecule has 1 aromatic heterocycles. The molecule has 138 valence electrons. The standard InChI is InChI=1S/C19H14FNO5S/c1-9(18(24)25)21-17(23)15-16(22)13-6-5-11(8-14(13)27-19(15)26)10-3-2-4-12(20)7-10/h2-9,22H,1H3,(H,21,23)(H,24,25)/t9-/m0/s1. The monoisotopic (exact) mass is 387 g/mol. The number of hydrogen-bond acceptors (Lipinski definition) is 5. The predicted molar refractivity (Wildman–Crippen MR) is 99.7 cm³/mol. The number of benzene rings is 2. The number of aromatic hydroxyl groups is 1. The molecule has 0 saturated heterocycles. The quantitative estimate of drug-likeness (QED) is 0.639. The lowest BCUT2D eigenvalue weighted by Gasteiger charge is -2.11. The van der Waals surface area contributed by atoms with Crippen LogP contribution < -0.4 is 10.1 Å². The average Bonchev–Trinajstić information content (AvgIpc) is 2.61. The Morgan fingerprint density at radius 2 is 1.85 bits per heavy atom. The minimum absolute atomic E-state index is 0.271. The largest absolute Gasteiger partial charge is 0.506 e. The molecule has 1 amide bonds. The SMILES string of the molecule is C[C@H](NC(=O)c1c(O)c2ccc(-c3cccc(F)c3)cc2sc1=O)C(=O)O. The minimum atomic E-state index is -1.26. The molecular formula is C19H14FNO5S. The van der Waals surface area contributed by atoms with E-state index in [0.717, 1.165) is 11.3 Å². The van der Waals surface area contributed by atoms with Crippen molar-refractivity contribution in [2.24, 2.45) is 0 Å². The van der Waals surface area contributed by atoms with Gasteiger partial charge in [-0.05, 0) is 42.3 Å². The molecule has 0 aliphatic rings. The van der Waals surface area contributed by atoms with Gasteiger partial charge in [0, 0.05) is 10.1 Å². The van der Waals surface area contributed by atoms with E-state index in [-0.39, 0.29) is 5.39 Å². The molecule has 8 heteroatoms. The highest BCUT2D eigenvalue weighted by molar-refractivity contribution is 7.16. The molecule has 27 heavy (non-hydrogen) atoms. The number of carboxylic acids is 1. The van der Waals surface area contributed by atoms with Crippen LogP contribution in [-0.2, 0) is 4.79 Å². The fraction of sp³-hybridized carbons (Fsp3) is 0.105. The summed E-state index contributed by atoms with van der Waals surface area (Å²) in [5, 5.41) is 21.7. The molecule has 0 aliphatic heterocycles. The molecule has 0 unspecified atom stereocenters. The Hall–Kier alpha value is -3.26. The lowest BCUT2D eigenvalue weighted by atomic mass is 10.0. The molecule has 0 spiro atoms. The van der Waals surface area contributed by atoms with Crippen molar-refractivity contribution in [2.75, 3.05) is 0 Å². The van der Waals surface area contributed by atoms with E-state index in [1.165, 1.54) is 25.1 Å². The number of carboxylic acid groups (broad SMARTS) is 1. The smallest absolute Gasteiger partial charge is 0.325 e. The van der Waals surface area contributed by atoms with E-state index in [1.807, 2.05) is 0 Å². The second-order valence-electron chi connectivity index (χ2n) is 5.87. The molecule has 0 aliphatic carbocycles. The van der Waals surface area contributed by atoms with E-state index in [2.05, 4.69) is 5.32 Å². The number of halogens is 1. The number of aliphatic carboxylic acids is 1. The molecule has 3 N–H and O–H groups in total. The Labute approximate surface area is 156 Å². The van der Waals surface area contributed by atoms with Gasteiger partial charge in [0.25, 0.3) is 5.91 Å². The van der Waals surface area contributed by atoms with Crippen LogP contribution in [0.15, 0.2) is 47.3 Å². The fourth-order valence-corrected chi connectivity index (χ4v) is 3.51. The number of fused-ring (bicyclic) bond motifs is 1. The third-order valence-corrected chi connectivity index (χ3v) is 4.93. The maximum atomic E-state index is 13.4. The van der Waals surface area contributed by atoms with Gasteiger partial charge in [0.1, 0.15) is 23.2 Å². The molecular weight excluding hydrogens is 373 g/mol. The summed E-state index contributed by atoms with van der Waals surface area (Å²) < 4.78 is 13.1. The molecule has 0 radical (unpaired) electrons. The molecule has 3 rings (SSSR count). The molecule has 1 atom stereocenters. The Kier molecular flexibility index (Phi) is 4.91. The zero-order valence-corrected chi connectivity index (χ0v) is 14.8.